The van der Waals surface area contributed by atoms with Crippen LogP contribution in [0.3, 0.4) is 0 Å². The van der Waals surface area contributed by atoms with Crippen molar-refractivity contribution in [3.8, 4) is 11.8 Å². The monoisotopic (exact) mass is 424 g/mol. The Kier molecular flexibility index (Phi) is 6.07. The van der Waals surface area contributed by atoms with E-state index >= 15 is 0 Å². The zero-order valence-electron chi connectivity index (χ0n) is 16.4. The van der Waals surface area contributed by atoms with Crippen LogP contribution in [0.4, 0.5) is 17.6 Å². The summed E-state index contributed by atoms with van der Waals surface area (Å²) in [5.41, 5.74) is -2.37. The quantitative estimate of drug-likeness (QED) is 0.706. The molecule has 0 N–H and O–H groups in total. The Morgan fingerprint density at radius 2 is 1.87 bits per heavy atom. The molecule has 1 aromatic heterocycles. The van der Waals surface area contributed by atoms with Crippen LogP contribution in [0, 0.1) is 23.1 Å². The van der Waals surface area contributed by atoms with Crippen LogP contribution in [-0.2, 0) is 6.18 Å². The number of carbonyl (C=O) groups is 1. The van der Waals surface area contributed by atoms with E-state index in [-0.39, 0.29) is 30.7 Å². The molecule has 1 saturated heterocycles. The van der Waals surface area contributed by atoms with Crippen LogP contribution in [-0.4, -0.2) is 62.9 Å². The predicted molar refractivity (Wildman–Crippen MR) is 98.0 cm³/mol. The van der Waals surface area contributed by atoms with E-state index in [4.69, 9.17) is 0 Å². The molecule has 1 fully saturated rings. The topological polar surface area (TPSA) is 78.1 Å². The minimum Gasteiger partial charge on any atom is -0.335 e. The molecule has 0 spiro atoms. The van der Waals surface area contributed by atoms with Crippen LogP contribution in [0.1, 0.15) is 30.0 Å². The average Bonchev–Trinajstić information content (AvgIpc) is 3.14. The molecule has 0 bridgehead atoms. The molecule has 1 atom stereocenters. The van der Waals surface area contributed by atoms with Crippen LogP contribution in [0.25, 0.3) is 5.69 Å². The highest BCUT2D eigenvalue weighted by Gasteiger charge is 2.43. The maximum atomic E-state index is 13.7. The standard InChI is InChI=1S/C19H20F4N6O/c1-12(2)15(11-24)27-6-8-28(9-7-27)18(30)16-17(19(21,22)23)29(26-25-16)14-5-3-4-13(20)10-14/h3-5,10,12,15H,6-9H2,1-2H3. The van der Waals surface area contributed by atoms with Crippen LogP contribution in [0.2, 0.25) is 0 Å². The lowest BCUT2D eigenvalue weighted by Crippen LogP contribution is -2.53. The lowest BCUT2D eigenvalue weighted by atomic mass is 10.0. The van der Waals surface area contributed by atoms with Crippen molar-refractivity contribution >= 4 is 5.91 Å². The van der Waals surface area contributed by atoms with Crippen molar-refractivity contribution in [1.29, 1.82) is 5.26 Å². The minimum absolute atomic E-state index is 0.0836. The molecule has 1 aliphatic heterocycles. The third-order valence-corrected chi connectivity index (χ3v) is 4.95. The second-order valence-electron chi connectivity index (χ2n) is 7.32. The number of benzene rings is 1. The molecule has 0 aliphatic carbocycles. The van der Waals surface area contributed by atoms with Gasteiger partial charge in [-0.1, -0.05) is 25.1 Å². The van der Waals surface area contributed by atoms with Gasteiger partial charge in [0, 0.05) is 26.2 Å². The van der Waals surface area contributed by atoms with Crippen LogP contribution >= 0.6 is 0 Å². The van der Waals surface area contributed by atoms with E-state index in [2.05, 4.69) is 16.4 Å². The average molecular weight is 424 g/mol. The molecule has 1 unspecified atom stereocenters. The van der Waals surface area contributed by atoms with Gasteiger partial charge in [-0.2, -0.15) is 18.4 Å². The van der Waals surface area contributed by atoms with Gasteiger partial charge < -0.3 is 4.90 Å². The van der Waals surface area contributed by atoms with Crippen molar-refractivity contribution in [3.63, 3.8) is 0 Å². The number of hydrogen-bond donors (Lipinski definition) is 0. The normalized spacial score (nSPS) is 16.5. The van der Waals surface area contributed by atoms with Gasteiger partial charge in [-0.15, -0.1) is 5.10 Å². The fraction of sp³-hybridized carbons (Fsp3) is 0.474. The fourth-order valence-corrected chi connectivity index (χ4v) is 3.47. The van der Waals surface area contributed by atoms with Crippen LogP contribution in [0.5, 0.6) is 0 Å². The molecule has 2 heterocycles. The first-order valence-corrected chi connectivity index (χ1v) is 9.35. The smallest absolute Gasteiger partial charge is 0.335 e. The number of aromatic nitrogens is 3. The van der Waals surface area contributed by atoms with E-state index in [1.165, 1.54) is 17.0 Å². The number of nitrogens with zero attached hydrogens (tertiary/aromatic N) is 6. The van der Waals surface area contributed by atoms with E-state index in [1.54, 1.807) is 0 Å². The van der Waals surface area contributed by atoms with Gasteiger partial charge in [0.25, 0.3) is 5.91 Å². The number of halogens is 4. The molecule has 11 heteroatoms. The Morgan fingerprint density at radius 3 is 2.40 bits per heavy atom. The van der Waals surface area contributed by atoms with Crippen molar-refractivity contribution in [2.24, 2.45) is 5.92 Å². The second-order valence-corrected chi connectivity index (χ2v) is 7.32. The Labute approximate surface area is 170 Å². The number of carbonyl (C=O) groups excluding carboxylic acids is 1. The highest BCUT2D eigenvalue weighted by Crippen LogP contribution is 2.33. The summed E-state index contributed by atoms with van der Waals surface area (Å²) in [4.78, 5) is 16.0. The summed E-state index contributed by atoms with van der Waals surface area (Å²) >= 11 is 0. The second kappa shape index (κ2) is 8.39. The van der Waals surface area contributed by atoms with Gasteiger partial charge in [-0.3, -0.25) is 9.69 Å². The molecule has 3 rings (SSSR count). The molecule has 2 aromatic rings. The van der Waals surface area contributed by atoms with Gasteiger partial charge in [0.05, 0.1) is 11.8 Å². The van der Waals surface area contributed by atoms with Crippen molar-refractivity contribution in [3.05, 3.63) is 41.5 Å². The molecule has 0 radical (unpaired) electrons. The first-order chi connectivity index (χ1) is 14.1. The largest absolute Gasteiger partial charge is 0.435 e. The van der Waals surface area contributed by atoms with E-state index in [1.807, 2.05) is 18.7 Å². The van der Waals surface area contributed by atoms with Crippen LogP contribution < -0.4 is 0 Å². The van der Waals surface area contributed by atoms with Gasteiger partial charge in [0.1, 0.15) is 11.9 Å². The summed E-state index contributed by atoms with van der Waals surface area (Å²) in [7, 11) is 0. The SMILES string of the molecule is CC(C)C(C#N)N1CCN(C(=O)c2nnn(-c3cccc(F)c3)c2C(F)(F)F)CC1. The van der Waals surface area contributed by atoms with E-state index < -0.39 is 29.3 Å². The molecule has 30 heavy (non-hydrogen) atoms. The van der Waals surface area contributed by atoms with Gasteiger partial charge in [-0.25, -0.2) is 9.07 Å². The van der Waals surface area contributed by atoms with Gasteiger partial charge >= 0.3 is 6.18 Å². The molecule has 1 aliphatic rings. The zero-order chi connectivity index (χ0) is 22.1. The van der Waals surface area contributed by atoms with Gasteiger partial charge in [-0.05, 0) is 24.1 Å². The summed E-state index contributed by atoms with van der Waals surface area (Å²) in [6.45, 7) is 4.86. The van der Waals surface area contributed by atoms with Gasteiger partial charge in [0.15, 0.2) is 11.4 Å². The molecular formula is C19H20F4N6O. The van der Waals surface area contributed by atoms with Crippen molar-refractivity contribution in [2.45, 2.75) is 26.1 Å². The number of amides is 1. The third-order valence-electron chi connectivity index (χ3n) is 4.95. The number of hydrogen-bond acceptors (Lipinski definition) is 5. The summed E-state index contributed by atoms with van der Waals surface area (Å²) in [5.74, 6) is -1.56. The maximum Gasteiger partial charge on any atom is 0.435 e. The third kappa shape index (κ3) is 4.28. The molecular weight excluding hydrogens is 404 g/mol. The summed E-state index contributed by atoms with van der Waals surface area (Å²) in [5, 5.41) is 16.3. The Bertz CT molecular complexity index is 957. The predicted octanol–water partition coefficient (Wildman–Crippen LogP) is 2.73. The Morgan fingerprint density at radius 1 is 1.20 bits per heavy atom. The van der Waals surface area contributed by atoms with Crippen LogP contribution in [0.15, 0.2) is 24.3 Å². The Balaban J connectivity index is 1.86. The lowest BCUT2D eigenvalue weighted by Gasteiger charge is -2.37. The lowest BCUT2D eigenvalue weighted by molar-refractivity contribution is -0.143. The summed E-state index contributed by atoms with van der Waals surface area (Å²) < 4.78 is 55.2. The van der Waals surface area contributed by atoms with Crippen molar-refractivity contribution < 1.29 is 22.4 Å². The van der Waals surface area contributed by atoms with E-state index in [0.717, 1.165) is 12.1 Å². The highest BCUT2D eigenvalue weighted by molar-refractivity contribution is 5.93. The first-order valence-electron chi connectivity index (χ1n) is 9.35. The number of piperazine rings is 1. The first kappa shape index (κ1) is 21.7. The Hall–Kier alpha value is -3.00. The number of nitriles is 1. The highest BCUT2D eigenvalue weighted by atomic mass is 19.4. The van der Waals surface area contributed by atoms with Crippen molar-refractivity contribution in [2.75, 3.05) is 26.2 Å². The number of alkyl halides is 3. The fourth-order valence-electron chi connectivity index (χ4n) is 3.47. The summed E-state index contributed by atoms with van der Waals surface area (Å²) in [6, 6.07) is 6.34. The maximum absolute atomic E-state index is 13.7. The molecule has 1 amide bonds. The molecule has 1 aromatic carbocycles. The van der Waals surface area contributed by atoms with E-state index in [0.29, 0.717) is 17.8 Å². The minimum atomic E-state index is -4.92. The van der Waals surface area contributed by atoms with Crippen molar-refractivity contribution in [1.82, 2.24) is 24.8 Å². The molecule has 7 nitrogen and oxygen atoms in total. The zero-order valence-corrected chi connectivity index (χ0v) is 16.4. The van der Waals surface area contributed by atoms with E-state index in [9.17, 15) is 27.6 Å². The van der Waals surface area contributed by atoms with Gasteiger partial charge in [0.2, 0.25) is 0 Å². The molecule has 0 saturated carbocycles. The summed E-state index contributed by atoms with van der Waals surface area (Å²) in [6.07, 6.45) is -4.92. The molecule has 160 valence electrons. The number of rotatable bonds is 4.